The summed E-state index contributed by atoms with van der Waals surface area (Å²) in [5.74, 6) is 0.311. The largest absolute Gasteiger partial charge is 0.308 e. The van der Waals surface area contributed by atoms with Crippen LogP contribution < -0.4 is 5.32 Å². The first-order valence-corrected chi connectivity index (χ1v) is 5.47. The molecule has 1 aromatic rings. The molecular formula is C11H16ClFN2. The van der Waals surface area contributed by atoms with E-state index in [2.05, 4.69) is 24.1 Å². The first-order valence-electron chi connectivity index (χ1n) is 4.94. The molecule has 1 rings (SSSR count). The molecule has 0 aliphatic carbocycles. The second kappa shape index (κ2) is 5.42. The number of alkyl halides is 1. The molecule has 0 atom stereocenters. The highest BCUT2D eigenvalue weighted by Gasteiger charge is 2.15. The van der Waals surface area contributed by atoms with Crippen LogP contribution in [-0.2, 0) is 6.54 Å². The molecule has 84 valence electrons. The summed E-state index contributed by atoms with van der Waals surface area (Å²) in [4.78, 5) is 3.79. The number of nitrogens with one attached hydrogen (secondary N) is 1. The van der Waals surface area contributed by atoms with Gasteiger partial charge in [-0.2, -0.15) is 0 Å². The summed E-state index contributed by atoms with van der Waals surface area (Å²) >= 11 is 5.68. The predicted octanol–water partition coefficient (Wildman–Crippen LogP) is 2.72. The van der Waals surface area contributed by atoms with Crippen LogP contribution in [0.3, 0.4) is 0 Å². The highest BCUT2D eigenvalue weighted by Crippen LogP contribution is 2.11. The van der Waals surface area contributed by atoms with E-state index in [0.717, 1.165) is 12.0 Å². The van der Waals surface area contributed by atoms with Gasteiger partial charge in [0, 0.05) is 24.2 Å². The molecule has 0 saturated carbocycles. The van der Waals surface area contributed by atoms with Crippen LogP contribution >= 0.6 is 11.6 Å². The van der Waals surface area contributed by atoms with Gasteiger partial charge in [-0.05, 0) is 31.9 Å². The number of hydrogen-bond acceptors (Lipinski definition) is 2. The zero-order valence-electron chi connectivity index (χ0n) is 9.06. The molecule has 0 aromatic carbocycles. The standard InChI is InChI=1S/C11H16ClFN2/c1-11(2,3-4-12)15-7-9-5-10(13)8-14-6-9/h5-6,8,15H,3-4,7H2,1-2H3. The molecule has 0 saturated heterocycles. The summed E-state index contributed by atoms with van der Waals surface area (Å²) in [6, 6.07) is 1.48. The fraction of sp³-hybridized carbons (Fsp3) is 0.545. The number of rotatable bonds is 5. The summed E-state index contributed by atoms with van der Waals surface area (Å²) in [5.41, 5.74) is 0.811. The van der Waals surface area contributed by atoms with E-state index in [9.17, 15) is 4.39 Å². The molecule has 0 aliphatic heterocycles. The van der Waals surface area contributed by atoms with Crippen molar-refractivity contribution in [3.05, 3.63) is 29.8 Å². The number of halogens is 2. The lowest BCUT2D eigenvalue weighted by atomic mass is 10.0. The smallest absolute Gasteiger partial charge is 0.141 e. The van der Waals surface area contributed by atoms with Gasteiger partial charge in [-0.3, -0.25) is 4.98 Å². The van der Waals surface area contributed by atoms with Crippen molar-refractivity contribution in [1.29, 1.82) is 0 Å². The monoisotopic (exact) mass is 230 g/mol. The molecule has 0 fully saturated rings. The quantitative estimate of drug-likeness (QED) is 0.787. The van der Waals surface area contributed by atoms with E-state index in [0.29, 0.717) is 12.4 Å². The molecule has 0 aliphatic rings. The predicted molar refractivity (Wildman–Crippen MR) is 60.5 cm³/mol. The third-order valence-corrected chi connectivity index (χ3v) is 2.44. The van der Waals surface area contributed by atoms with Crippen LogP contribution in [0.5, 0.6) is 0 Å². The second-order valence-electron chi connectivity index (χ2n) is 4.19. The van der Waals surface area contributed by atoms with Gasteiger partial charge < -0.3 is 5.32 Å². The topological polar surface area (TPSA) is 24.9 Å². The van der Waals surface area contributed by atoms with E-state index in [-0.39, 0.29) is 11.4 Å². The van der Waals surface area contributed by atoms with E-state index >= 15 is 0 Å². The van der Waals surface area contributed by atoms with Gasteiger partial charge in [0.2, 0.25) is 0 Å². The average molecular weight is 231 g/mol. The Morgan fingerprint density at radius 3 is 2.80 bits per heavy atom. The van der Waals surface area contributed by atoms with E-state index in [4.69, 9.17) is 11.6 Å². The molecule has 0 bridgehead atoms. The van der Waals surface area contributed by atoms with Gasteiger partial charge in [0.1, 0.15) is 5.82 Å². The lowest BCUT2D eigenvalue weighted by molar-refractivity contribution is 0.376. The maximum Gasteiger partial charge on any atom is 0.141 e. The highest BCUT2D eigenvalue weighted by molar-refractivity contribution is 6.17. The van der Waals surface area contributed by atoms with Crippen molar-refractivity contribution < 1.29 is 4.39 Å². The van der Waals surface area contributed by atoms with E-state index in [1.54, 1.807) is 6.20 Å². The fourth-order valence-electron chi connectivity index (χ4n) is 1.22. The molecule has 0 amide bonds. The minimum atomic E-state index is -0.301. The zero-order valence-corrected chi connectivity index (χ0v) is 9.81. The third kappa shape index (κ3) is 4.58. The SMILES string of the molecule is CC(C)(CCCl)NCc1cncc(F)c1. The van der Waals surface area contributed by atoms with Crippen molar-refractivity contribution in [2.45, 2.75) is 32.4 Å². The van der Waals surface area contributed by atoms with E-state index in [1.807, 2.05) is 0 Å². The van der Waals surface area contributed by atoms with Gasteiger partial charge in [0.15, 0.2) is 0 Å². The summed E-state index contributed by atoms with van der Waals surface area (Å²) in [5, 5.41) is 3.31. The number of aromatic nitrogens is 1. The molecular weight excluding hydrogens is 215 g/mol. The van der Waals surface area contributed by atoms with Crippen LogP contribution in [0.1, 0.15) is 25.8 Å². The highest BCUT2D eigenvalue weighted by atomic mass is 35.5. The van der Waals surface area contributed by atoms with Crippen LogP contribution in [0.4, 0.5) is 4.39 Å². The molecule has 1 N–H and O–H groups in total. The van der Waals surface area contributed by atoms with Gasteiger partial charge in [-0.15, -0.1) is 11.6 Å². The Morgan fingerprint density at radius 1 is 1.47 bits per heavy atom. The molecule has 0 spiro atoms. The van der Waals surface area contributed by atoms with Crippen molar-refractivity contribution in [3.63, 3.8) is 0 Å². The van der Waals surface area contributed by atoms with Crippen molar-refractivity contribution in [1.82, 2.24) is 10.3 Å². The minimum absolute atomic E-state index is 0.0337. The lowest BCUT2D eigenvalue weighted by Crippen LogP contribution is -2.39. The number of nitrogens with zero attached hydrogens (tertiary/aromatic N) is 1. The van der Waals surface area contributed by atoms with Gasteiger partial charge in [0.05, 0.1) is 6.20 Å². The fourth-order valence-corrected chi connectivity index (χ4v) is 1.69. The molecule has 1 aromatic heterocycles. The number of pyridine rings is 1. The lowest BCUT2D eigenvalue weighted by Gasteiger charge is -2.25. The molecule has 2 nitrogen and oxygen atoms in total. The van der Waals surface area contributed by atoms with Crippen LogP contribution in [0.2, 0.25) is 0 Å². The van der Waals surface area contributed by atoms with Crippen LogP contribution in [0.25, 0.3) is 0 Å². The summed E-state index contributed by atoms with van der Waals surface area (Å²) in [6.45, 7) is 4.75. The van der Waals surface area contributed by atoms with Gasteiger partial charge >= 0.3 is 0 Å². The van der Waals surface area contributed by atoms with Crippen LogP contribution in [0.15, 0.2) is 18.5 Å². The Kier molecular flexibility index (Phi) is 4.48. The third-order valence-electron chi connectivity index (χ3n) is 2.25. The Balaban J connectivity index is 2.49. The Labute approximate surface area is 94.9 Å². The van der Waals surface area contributed by atoms with E-state index in [1.165, 1.54) is 12.3 Å². The second-order valence-corrected chi connectivity index (χ2v) is 4.57. The summed E-state index contributed by atoms with van der Waals surface area (Å²) in [6.07, 6.45) is 3.73. The van der Waals surface area contributed by atoms with Gasteiger partial charge in [0.25, 0.3) is 0 Å². The summed E-state index contributed by atoms with van der Waals surface area (Å²) in [7, 11) is 0. The van der Waals surface area contributed by atoms with Crippen molar-refractivity contribution >= 4 is 11.6 Å². The molecule has 1 heterocycles. The average Bonchev–Trinajstić information content (AvgIpc) is 2.15. The summed E-state index contributed by atoms with van der Waals surface area (Å²) < 4.78 is 12.8. The molecule has 0 unspecified atom stereocenters. The molecule has 4 heteroatoms. The van der Waals surface area contributed by atoms with Crippen LogP contribution in [-0.4, -0.2) is 16.4 Å². The number of hydrogen-bond donors (Lipinski definition) is 1. The normalized spacial score (nSPS) is 11.7. The van der Waals surface area contributed by atoms with Crippen molar-refractivity contribution in [2.75, 3.05) is 5.88 Å². The zero-order chi connectivity index (χ0) is 11.3. The van der Waals surface area contributed by atoms with Gasteiger partial charge in [-0.25, -0.2) is 4.39 Å². The van der Waals surface area contributed by atoms with Crippen molar-refractivity contribution in [2.24, 2.45) is 0 Å². The first kappa shape index (κ1) is 12.4. The molecule has 15 heavy (non-hydrogen) atoms. The van der Waals surface area contributed by atoms with Gasteiger partial charge in [-0.1, -0.05) is 0 Å². The Bertz CT molecular complexity index is 315. The van der Waals surface area contributed by atoms with E-state index < -0.39 is 0 Å². The Hall–Kier alpha value is -0.670. The minimum Gasteiger partial charge on any atom is -0.308 e. The maximum absolute atomic E-state index is 12.8. The van der Waals surface area contributed by atoms with Crippen LogP contribution in [0, 0.1) is 5.82 Å². The Morgan fingerprint density at radius 2 is 2.20 bits per heavy atom. The maximum atomic E-state index is 12.8. The first-order chi connectivity index (χ1) is 7.03. The van der Waals surface area contributed by atoms with Crippen molar-refractivity contribution in [3.8, 4) is 0 Å². The molecule has 0 radical (unpaired) electrons.